The molecule has 0 radical (unpaired) electrons. The van der Waals surface area contributed by atoms with E-state index in [4.69, 9.17) is 5.11 Å². The zero-order valence-corrected chi connectivity index (χ0v) is 10.1. The summed E-state index contributed by atoms with van der Waals surface area (Å²) in [7, 11) is 0. The SMILES string of the molecule is CCc1cn[nH]c1C1CCN(CC(=O)O)CC1. The summed E-state index contributed by atoms with van der Waals surface area (Å²) in [4.78, 5) is 12.6. The fourth-order valence-electron chi connectivity index (χ4n) is 2.53. The van der Waals surface area contributed by atoms with Crippen molar-refractivity contribution in [1.29, 1.82) is 0 Å². The second-order valence-electron chi connectivity index (χ2n) is 4.61. The summed E-state index contributed by atoms with van der Waals surface area (Å²) in [6.07, 6.45) is 4.94. The number of aryl methyl sites for hydroxylation is 1. The first kappa shape index (κ1) is 12.1. The van der Waals surface area contributed by atoms with Crippen molar-refractivity contribution in [3.63, 3.8) is 0 Å². The van der Waals surface area contributed by atoms with Crippen LogP contribution < -0.4 is 0 Å². The van der Waals surface area contributed by atoms with Gasteiger partial charge >= 0.3 is 5.97 Å². The fraction of sp³-hybridized carbons (Fsp3) is 0.667. The summed E-state index contributed by atoms with van der Waals surface area (Å²) >= 11 is 0. The number of likely N-dealkylation sites (tertiary alicyclic amines) is 1. The van der Waals surface area contributed by atoms with Gasteiger partial charge in [0.05, 0.1) is 12.7 Å². The Labute approximate surface area is 101 Å². The van der Waals surface area contributed by atoms with Gasteiger partial charge in [-0.2, -0.15) is 5.10 Å². The molecular formula is C12H19N3O2. The van der Waals surface area contributed by atoms with Gasteiger partial charge in [-0.1, -0.05) is 6.92 Å². The molecule has 0 atom stereocenters. The first-order valence-electron chi connectivity index (χ1n) is 6.17. The molecule has 5 heteroatoms. The highest BCUT2D eigenvalue weighted by atomic mass is 16.4. The number of rotatable bonds is 4. The molecule has 5 nitrogen and oxygen atoms in total. The lowest BCUT2D eigenvalue weighted by Crippen LogP contribution is -2.36. The predicted molar refractivity (Wildman–Crippen MR) is 64.0 cm³/mol. The number of carboxylic acids is 1. The van der Waals surface area contributed by atoms with Crippen molar-refractivity contribution in [2.45, 2.75) is 32.1 Å². The molecule has 94 valence electrons. The van der Waals surface area contributed by atoms with E-state index in [2.05, 4.69) is 17.1 Å². The summed E-state index contributed by atoms with van der Waals surface area (Å²) in [6, 6.07) is 0. The molecule has 17 heavy (non-hydrogen) atoms. The van der Waals surface area contributed by atoms with Gasteiger partial charge in [0.25, 0.3) is 0 Å². The summed E-state index contributed by atoms with van der Waals surface area (Å²) in [5.41, 5.74) is 2.55. The highest BCUT2D eigenvalue weighted by molar-refractivity contribution is 5.69. The predicted octanol–water partition coefficient (Wildman–Crippen LogP) is 1.24. The normalized spacial score (nSPS) is 18.4. The molecule has 1 aromatic heterocycles. The van der Waals surface area contributed by atoms with Gasteiger partial charge in [0, 0.05) is 11.6 Å². The summed E-state index contributed by atoms with van der Waals surface area (Å²) in [5.74, 6) is -0.225. The van der Waals surface area contributed by atoms with Crippen molar-refractivity contribution >= 4 is 5.97 Å². The zero-order valence-electron chi connectivity index (χ0n) is 10.1. The second-order valence-corrected chi connectivity index (χ2v) is 4.61. The number of carbonyl (C=O) groups is 1. The van der Waals surface area contributed by atoms with Crippen molar-refractivity contribution in [3.8, 4) is 0 Å². The van der Waals surface area contributed by atoms with Crippen LogP contribution in [0.5, 0.6) is 0 Å². The van der Waals surface area contributed by atoms with Crippen molar-refractivity contribution in [1.82, 2.24) is 15.1 Å². The van der Waals surface area contributed by atoms with Crippen molar-refractivity contribution in [2.75, 3.05) is 19.6 Å². The van der Waals surface area contributed by atoms with Gasteiger partial charge in [0.1, 0.15) is 0 Å². The molecule has 1 aromatic rings. The molecule has 0 spiro atoms. The monoisotopic (exact) mass is 237 g/mol. The van der Waals surface area contributed by atoms with E-state index in [-0.39, 0.29) is 6.54 Å². The molecule has 1 saturated heterocycles. The van der Waals surface area contributed by atoms with Crippen LogP contribution in [0.2, 0.25) is 0 Å². The molecule has 2 N–H and O–H groups in total. The summed E-state index contributed by atoms with van der Waals surface area (Å²) in [6.45, 7) is 4.02. The van der Waals surface area contributed by atoms with Gasteiger partial charge in [-0.15, -0.1) is 0 Å². The Morgan fingerprint density at radius 2 is 2.29 bits per heavy atom. The molecular weight excluding hydrogens is 218 g/mol. The Balaban J connectivity index is 1.93. The molecule has 1 aliphatic rings. The van der Waals surface area contributed by atoms with Gasteiger partial charge < -0.3 is 5.11 Å². The van der Waals surface area contributed by atoms with Crippen molar-refractivity contribution < 1.29 is 9.90 Å². The number of aliphatic carboxylic acids is 1. The minimum Gasteiger partial charge on any atom is -0.480 e. The van der Waals surface area contributed by atoms with Gasteiger partial charge in [-0.05, 0) is 37.9 Å². The standard InChI is InChI=1S/C12H19N3O2/c1-2-9-7-13-14-12(9)10-3-5-15(6-4-10)8-11(16)17/h7,10H,2-6,8H2,1H3,(H,13,14)(H,16,17). The highest BCUT2D eigenvalue weighted by Crippen LogP contribution is 2.28. The molecule has 0 aliphatic carbocycles. The Hall–Kier alpha value is -1.36. The van der Waals surface area contributed by atoms with Crippen molar-refractivity contribution in [3.05, 3.63) is 17.5 Å². The maximum absolute atomic E-state index is 10.6. The quantitative estimate of drug-likeness (QED) is 0.826. The Morgan fingerprint density at radius 3 is 2.88 bits per heavy atom. The van der Waals surface area contributed by atoms with Crippen LogP contribution in [0, 0.1) is 0 Å². The number of nitrogens with one attached hydrogen (secondary N) is 1. The maximum Gasteiger partial charge on any atom is 0.317 e. The molecule has 2 heterocycles. The van der Waals surface area contributed by atoms with E-state index >= 15 is 0 Å². The Morgan fingerprint density at radius 1 is 1.59 bits per heavy atom. The van der Waals surface area contributed by atoms with Crippen LogP contribution in [0.1, 0.15) is 36.9 Å². The van der Waals surface area contributed by atoms with E-state index in [9.17, 15) is 4.79 Å². The fourth-order valence-corrected chi connectivity index (χ4v) is 2.53. The lowest BCUT2D eigenvalue weighted by Gasteiger charge is -2.30. The number of aromatic amines is 1. The van der Waals surface area contributed by atoms with Crippen LogP contribution in [0.3, 0.4) is 0 Å². The topological polar surface area (TPSA) is 69.2 Å². The van der Waals surface area contributed by atoms with Crippen LogP contribution in [-0.2, 0) is 11.2 Å². The van der Waals surface area contributed by atoms with Gasteiger partial charge in [0.2, 0.25) is 0 Å². The largest absolute Gasteiger partial charge is 0.480 e. The molecule has 1 aliphatic heterocycles. The Kier molecular flexibility index (Phi) is 3.78. The molecule has 0 amide bonds. The minimum atomic E-state index is -0.737. The summed E-state index contributed by atoms with van der Waals surface area (Å²) in [5, 5.41) is 15.9. The average Bonchev–Trinajstić information content (AvgIpc) is 2.77. The van der Waals surface area contributed by atoms with Crippen LogP contribution >= 0.6 is 0 Å². The van der Waals surface area contributed by atoms with Crippen LogP contribution in [0.25, 0.3) is 0 Å². The number of aromatic nitrogens is 2. The maximum atomic E-state index is 10.6. The summed E-state index contributed by atoms with van der Waals surface area (Å²) < 4.78 is 0. The van der Waals surface area contributed by atoms with Gasteiger partial charge in [-0.3, -0.25) is 14.8 Å². The van der Waals surface area contributed by atoms with E-state index < -0.39 is 5.97 Å². The third-order valence-corrected chi connectivity index (χ3v) is 3.49. The van der Waals surface area contributed by atoms with Crippen LogP contribution in [-0.4, -0.2) is 45.8 Å². The molecule has 0 bridgehead atoms. The zero-order chi connectivity index (χ0) is 12.3. The number of nitrogens with zero attached hydrogens (tertiary/aromatic N) is 2. The second kappa shape index (κ2) is 5.31. The Bertz CT molecular complexity index is 381. The number of carboxylic acid groups (broad SMARTS) is 1. The van der Waals surface area contributed by atoms with E-state index in [1.54, 1.807) is 0 Å². The molecule has 0 unspecified atom stereocenters. The number of H-pyrrole nitrogens is 1. The highest BCUT2D eigenvalue weighted by Gasteiger charge is 2.24. The van der Waals surface area contributed by atoms with Gasteiger partial charge in [0.15, 0.2) is 0 Å². The molecule has 1 fully saturated rings. The van der Waals surface area contributed by atoms with Gasteiger partial charge in [-0.25, -0.2) is 0 Å². The number of piperidine rings is 1. The van der Waals surface area contributed by atoms with E-state index in [1.807, 2.05) is 11.1 Å². The van der Waals surface area contributed by atoms with E-state index in [0.29, 0.717) is 5.92 Å². The molecule has 0 aromatic carbocycles. The van der Waals surface area contributed by atoms with E-state index in [1.165, 1.54) is 11.3 Å². The van der Waals surface area contributed by atoms with Crippen LogP contribution in [0.15, 0.2) is 6.20 Å². The smallest absolute Gasteiger partial charge is 0.317 e. The lowest BCUT2D eigenvalue weighted by molar-refractivity contribution is -0.138. The first-order valence-corrected chi connectivity index (χ1v) is 6.17. The third-order valence-electron chi connectivity index (χ3n) is 3.49. The lowest BCUT2D eigenvalue weighted by atomic mass is 9.91. The van der Waals surface area contributed by atoms with Crippen molar-refractivity contribution in [2.24, 2.45) is 0 Å². The molecule has 0 saturated carbocycles. The number of hydrogen-bond donors (Lipinski definition) is 2. The number of hydrogen-bond acceptors (Lipinski definition) is 3. The van der Waals surface area contributed by atoms with Crippen LogP contribution in [0.4, 0.5) is 0 Å². The van der Waals surface area contributed by atoms with E-state index in [0.717, 1.165) is 32.4 Å². The molecule has 2 rings (SSSR count). The third kappa shape index (κ3) is 2.85. The minimum absolute atomic E-state index is 0.163. The first-order chi connectivity index (χ1) is 8.20. The average molecular weight is 237 g/mol.